The van der Waals surface area contributed by atoms with Gasteiger partial charge in [0, 0.05) is 22.0 Å². The van der Waals surface area contributed by atoms with Crippen molar-refractivity contribution in [2.24, 2.45) is 0 Å². The van der Waals surface area contributed by atoms with Crippen molar-refractivity contribution in [3.63, 3.8) is 0 Å². The second-order valence-electron chi connectivity index (χ2n) is 4.72. The van der Waals surface area contributed by atoms with Gasteiger partial charge in [0.25, 0.3) is 0 Å². The highest BCUT2D eigenvalue weighted by atomic mass is 35.5. The number of hydroxylamine groups is 1. The molecule has 0 aliphatic heterocycles. The highest BCUT2D eigenvalue weighted by Crippen LogP contribution is 2.12. The van der Waals surface area contributed by atoms with Gasteiger partial charge in [0.15, 0.2) is 12.3 Å². The molecule has 0 bridgehead atoms. The van der Waals surface area contributed by atoms with E-state index in [4.69, 9.17) is 23.2 Å². The summed E-state index contributed by atoms with van der Waals surface area (Å²) in [5.74, 6) is 0. The number of hydrogen-bond acceptors (Lipinski definition) is 1. The van der Waals surface area contributed by atoms with Crippen molar-refractivity contribution in [1.29, 1.82) is 0 Å². The van der Waals surface area contributed by atoms with Crippen molar-refractivity contribution >= 4 is 29.4 Å². The Morgan fingerprint density at radius 1 is 1.00 bits per heavy atom. The Balaban J connectivity index is 2.06. The second-order valence-corrected chi connectivity index (χ2v) is 5.59. The Morgan fingerprint density at radius 2 is 1.50 bits per heavy atom. The van der Waals surface area contributed by atoms with E-state index in [2.05, 4.69) is 0 Å². The third kappa shape index (κ3) is 4.26. The van der Waals surface area contributed by atoms with E-state index in [1.54, 1.807) is 18.3 Å². The first-order chi connectivity index (χ1) is 9.54. The molecule has 0 saturated heterocycles. The van der Waals surface area contributed by atoms with Crippen molar-refractivity contribution in [1.82, 2.24) is 0 Å². The lowest BCUT2D eigenvalue weighted by Gasteiger charge is -2.13. The SMILES string of the molecule is CC(Cc1ccc(Cl)cc1)/[N+]([O-])=C\c1ccc(Cl)cc1. The van der Waals surface area contributed by atoms with Gasteiger partial charge in [-0.25, -0.2) is 4.74 Å². The number of rotatable bonds is 4. The van der Waals surface area contributed by atoms with E-state index in [9.17, 15) is 5.21 Å². The lowest BCUT2D eigenvalue weighted by atomic mass is 10.1. The first kappa shape index (κ1) is 14.9. The van der Waals surface area contributed by atoms with Crippen LogP contribution in [-0.4, -0.2) is 17.0 Å². The standard InChI is InChI=1S/C16H15Cl2NO/c1-12(10-13-2-6-15(17)7-3-13)19(20)11-14-4-8-16(18)9-5-14/h2-9,11-12H,10H2,1H3/b19-11+. The molecule has 2 aromatic carbocycles. The van der Waals surface area contributed by atoms with Crippen molar-refractivity contribution in [3.05, 3.63) is 74.9 Å². The van der Waals surface area contributed by atoms with E-state index in [0.29, 0.717) is 16.5 Å². The molecular formula is C16H15Cl2NO. The summed E-state index contributed by atoms with van der Waals surface area (Å²) in [4.78, 5) is 0. The molecule has 0 aliphatic carbocycles. The van der Waals surface area contributed by atoms with Crippen LogP contribution >= 0.6 is 23.2 Å². The summed E-state index contributed by atoms with van der Waals surface area (Å²) in [6, 6.07) is 14.6. The molecule has 0 aliphatic rings. The number of halogens is 2. The van der Waals surface area contributed by atoms with Gasteiger partial charge < -0.3 is 5.21 Å². The van der Waals surface area contributed by atoms with Gasteiger partial charge in [-0.1, -0.05) is 35.3 Å². The maximum absolute atomic E-state index is 12.1. The van der Waals surface area contributed by atoms with Crippen LogP contribution in [0.25, 0.3) is 0 Å². The van der Waals surface area contributed by atoms with Crippen LogP contribution in [0, 0.1) is 5.21 Å². The van der Waals surface area contributed by atoms with Gasteiger partial charge in [0.05, 0.1) is 0 Å². The van der Waals surface area contributed by atoms with Gasteiger partial charge in [-0.15, -0.1) is 0 Å². The van der Waals surface area contributed by atoms with Crippen molar-refractivity contribution < 1.29 is 4.74 Å². The van der Waals surface area contributed by atoms with Crippen LogP contribution in [0.2, 0.25) is 10.0 Å². The first-order valence-corrected chi connectivity index (χ1v) is 7.10. The smallest absolute Gasteiger partial charge is 0.182 e. The monoisotopic (exact) mass is 307 g/mol. The summed E-state index contributed by atoms with van der Waals surface area (Å²) in [7, 11) is 0. The lowest BCUT2D eigenvalue weighted by Crippen LogP contribution is -2.21. The van der Waals surface area contributed by atoms with Crippen LogP contribution in [0.1, 0.15) is 18.1 Å². The highest BCUT2D eigenvalue weighted by molar-refractivity contribution is 6.30. The van der Waals surface area contributed by atoms with E-state index in [-0.39, 0.29) is 6.04 Å². The molecule has 2 nitrogen and oxygen atoms in total. The van der Waals surface area contributed by atoms with Gasteiger partial charge in [0.1, 0.15) is 0 Å². The zero-order valence-electron chi connectivity index (χ0n) is 11.1. The molecule has 104 valence electrons. The summed E-state index contributed by atoms with van der Waals surface area (Å²) in [5.41, 5.74) is 1.93. The van der Waals surface area contributed by atoms with Crippen LogP contribution in [0.4, 0.5) is 0 Å². The van der Waals surface area contributed by atoms with E-state index in [1.165, 1.54) is 0 Å². The fourth-order valence-electron chi connectivity index (χ4n) is 1.87. The molecule has 0 amide bonds. The summed E-state index contributed by atoms with van der Waals surface area (Å²) < 4.78 is 0.970. The molecule has 0 radical (unpaired) electrons. The minimum atomic E-state index is -0.146. The fourth-order valence-corrected chi connectivity index (χ4v) is 2.13. The number of benzene rings is 2. The summed E-state index contributed by atoms with van der Waals surface area (Å²) in [6.07, 6.45) is 2.25. The topological polar surface area (TPSA) is 26.1 Å². The normalized spacial score (nSPS) is 13.2. The average molecular weight is 308 g/mol. The van der Waals surface area contributed by atoms with E-state index in [0.717, 1.165) is 15.9 Å². The van der Waals surface area contributed by atoms with E-state index in [1.807, 2.05) is 43.3 Å². The molecule has 0 saturated carbocycles. The van der Waals surface area contributed by atoms with Crippen LogP contribution in [0.5, 0.6) is 0 Å². The Labute approximate surface area is 128 Å². The van der Waals surface area contributed by atoms with Crippen LogP contribution in [0.15, 0.2) is 48.5 Å². The minimum Gasteiger partial charge on any atom is -0.624 e. The highest BCUT2D eigenvalue weighted by Gasteiger charge is 2.10. The van der Waals surface area contributed by atoms with E-state index >= 15 is 0 Å². The van der Waals surface area contributed by atoms with Crippen LogP contribution in [0.3, 0.4) is 0 Å². The van der Waals surface area contributed by atoms with Crippen LogP contribution in [-0.2, 0) is 6.42 Å². The molecular weight excluding hydrogens is 293 g/mol. The van der Waals surface area contributed by atoms with Gasteiger partial charge in [-0.05, 0) is 48.9 Å². The molecule has 1 unspecified atom stereocenters. The average Bonchev–Trinajstić information content (AvgIpc) is 2.44. The molecule has 4 heteroatoms. The molecule has 1 atom stereocenters. The van der Waals surface area contributed by atoms with E-state index < -0.39 is 0 Å². The number of hydrogen-bond donors (Lipinski definition) is 0. The molecule has 0 fully saturated rings. The Kier molecular flexibility index (Phi) is 5.05. The Morgan fingerprint density at radius 3 is 2.05 bits per heavy atom. The van der Waals surface area contributed by atoms with Crippen molar-refractivity contribution in [2.75, 3.05) is 0 Å². The maximum Gasteiger partial charge on any atom is 0.182 e. The molecule has 0 heterocycles. The summed E-state index contributed by atoms with van der Waals surface area (Å²) in [6.45, 7) is 1.90. The third-order valence-electron chi connectivity index (χ3n) is 3.03. The molecule has 2 aromatic rings. The zero-order valence-corrected chi connectivity index (χ0v) is 12.6. The van der Waals surface area contributed by atoms with Crippen molar-refractivity contribution in [2.45, 2.75) is 19.4 Å². The first-order valence-electron chi connectivity index (χ1n) is 6.35. The Bertz CT molecular complexity index is 591. The molecule has 2 rings (SSSR count). The second kappa shape index (κ2) is 6.78. The van der Waals surface area contributed by atoms with Crippen molar-refractivity contribution in [3.8, 4) is 0 Å². The zero-order chi connectivity index (χ0) is 14.5. The summed E-state index contributed by atoms with van der Waals surface area (Å²) >= 11 is 11.7. The minimum absolute atomic E-state index is 0.146. The van der Waals surface area contributed by atoms with Gasteiger partial charge in [-0.2, -0.15) is 0 Å². The lowest BCUT2D eigenvalue weighted by molar-refractivity contribution is -0.491. The largest absolute Gasteiger partial charge is 0.624 e. The molecule has 20 heavy (non-hydrogen) atoms. The third-order valence-corrected chi connectivity index (χ3v) is 3.53. The van der Waals surface area contributed by atoms with Crippen LogP contribution < -0.4 is 0 Å². The number of nitrogens with zero attached hydrogens (tertiary/aromatic N) is 1. The predicted octanol–water partition coefficient (Wildman–Crippen LogP) is 4.55. The maximum atomic E-state index is 12.1. The fraction of sp³-hybridized carbons (Fsp3) is 0.188. The molecule has 0 N–H and O–H groups in total. The summed E-state index contributed by atoms with van der Waals surface area (Å²) in [5, 5.41) is 13.4. The predicted molar refractivity (Wildman–Crippen MR) is 84.9 cm³/mol. The van der Waals surface area contributed by atoms with Gasteiger partial charge in [0.2, 0.25) is 0 Å². The quantitative estimate of drug-likeness (QED) is 0.352. The van der Waals surface area contributed by atoms with Gasteiger partial charge >= 0.3 is 0 Å². The molecule has 0 spiro atoms. The molecule has 0 aromatic heterocycles. The Hall–Kier alpha value is -1.51. The van der Waals surface area contributed by atoms with Gasteiger partial charge in [-0.3, -0.25) is 0 Å².